The van der Waals surface area contributed by atoms with Crippen LogP contribution >= 0.6 is 15.9 Å². The Hall–Kier alpha value is -0.870. The fourth-order valence-corrected chi connectivity index (χ4v) is 3.07. The van der Waals surface area contributed by atoms with E-state index in [9.17, 15) is 4.79 Å². The lowest BCUT2D eigenvalue weighted by Crippen LogP contribution is -2.50. The highest BCUT2D eigenvalue weighted by Crippen LogP contribution is 2.31. The van der Waals surface area contributed by atoms with Crippen LogP contribution in [0.15, 0.2) is 28.7 Å². The summed E-state index contributed by atoms with van der Waals surface area (Å²) in [6.07, 6.45) is 2.95. The van der Waals surface area contributed by atoms with E-state index in [-0.39, 0.29) is 17.4 Å². The zero-order valence-electron chi connectivity index (χ0n) is 12.2. The van der Waals surface area contributed by atoms with Gasteiger partial charge in [-0.2, -0.15) is 0 Å². The van der Waals surface area contributed by atoms with Crippen LogP contribution in [0.1, 0.15) is 44.7 Å². The number of hydrogen-bond acceptors (Lipinski definition) is 2. The average molecular weight is 339 g/mol. The van der Waals surface area contributed by atoms with Crippen LogP contribution in [0, 0.1) is 5.41 Å². The molecule has 0 spiro atoms. The molecule has 0 aliphatic carbocycles. The van der Waals surface area contributed by atoms with Crippen LogP contribution in [-0.2, 0) is 4.79 Å². The van der Waals surface area contributed by atoms with Gasteiger partial charge in [0, 0.05) is 11.0 Å². The number of benzene rings is 1. The van der Waals surface area contributed by atoms with Gasteiger partial charge < -0.3 is 10.6 Å². The van der Waals surface area contributed by atoms with Crippen LogP contribution in [0.25, 0.3) is 0 Å². The Morgan fingerprint density at radius 3 is 2.70 bits per heavy atom. The van der Waals surface area contributed by atoms with Gasteiger partial charge >= 0.3 is 0 Å². The molecule has 110 valence electrons. The van der Waals surface area contributed by atoms with Crippen molar-refractivity contribution in [3.05, 3.63) is 34.3 Å². The Bertz CT molecular complexity index is 452. The lowest BCUT2D eigenvalue weighted by atomic mass is 9.77. The Kier molecular flexibility index (Phi) is 5.22. The normalized spacial score (nSPS) is 24.1. The molecular formula is C16H23BrN2O. The number of amides is 1. The van der Waals surface area contributed by atoms with Crippen LogP contribution in [0.2, 0.25) is 0 Å². The number of hydrogen-bond donors (Lipinski definition) is 2. The van der Waals surface area contributed by atoms with Crippen LogP contribution in [0.3, 0.4) is 0 Å². The molecule has 0 radical (unpaired) electrons. The van der Waals surface area contributed by atoms with Gasteiger partial charge in [0.1, 0.15) is 0 Å². The fourth-order valence-electron chi connectivity index (χ4n) is 2.81. The Morgan fingerprint density at radius 1 is 1.45 bits per heavy atom. The van der Waals surface area contributed by atoms with E-state index in [1.165, 1.54) is 0 Å². The van der Waals surface area contributed by atoms with Gasteiger partial charge in [0.15, 0.2) is 0 Å². The van der Waals surface area contributed by atoms with Gasteiger partial charge in [-0.1, -0.05) is 35.0 Å². The minimum Gasteiger partial charge on any atom is -0.349 e. The molecule has 20 heavy (non-hydrogen) atoms. The van der Waals surface area contributed by atoms with Crippen LogP contribution in [0.4, 0.5) is 0 Å². The third kappa shape index (κ3) is 3.41. The first kappa shape index (κ1) is 15.5. The molecule has 2 atom stereocenters. The summed E-state index contributed by atoms with van der Waals surface area (Å²) in [6, 6.07) is 8.16. The van der Waals surface area contributed by atoms with E-state index in [0.29, 0.717) is 0 Å². The average Bonchev–Trinajstić information content (AvgIpc) is 2.48. The molecule has 1 saturated heterocycles. The minimum absolute atomic E-state index is 0.0425. The van der Waals surface area contributed by atoms with Crippen LogP contribution in [-0.4, -0.2) is 19.0 Å². The molecule has 1 aliphatic heterocycles. The molecule has 2 rings (SSSR count). The molecule has 1 fully saturated rings. The molecule has 1 aromatic carbocycles. The number of carbonyl (C=O) groups excluding carboxylic acids is 1. The zero-order chi connectivity index (χ0) is 14.6. The number of halogens is 1. The van der Waals surface area contributed by atoms with Crippen LogP contribution in [0.5, 0.6) is 0 Å². The van der Waals surface area contributed by atoms with Gasteiger partial charge in [-0.3, -0.25) is 4.79 Å². The summed E-state index contributed by atoms with van der Waals surface area (Å²) in [7, 11) is 0. The summed E-state index contributed by atoms with van der Waals surface area (Å²) in [5, 5.41) is 6.54. The molecule has 1 aromatic rings. The Balaban J connectivity index is 2.04. The standard InChI is InChI=1S/C16H23BrN2O/c1-3-16(9-4-10-18-11-16)15(20)19-12(2)13-5-7-14(17)8-6-13/h5-8,12,18H,3-4,9-11H2,1-2H3,(H,19,20)/t12-,16?/m1/s1. The van der Waals surface area contributed by atoms with Crippen molar-refractivity contribution in [3.8, 4) is 0 Å². The van der Waals surface area contributed by atoms with Gasteiger partial charge in [0.2, 0.25) is 5.91 Å². The van der Waals surface area contributed by atoms with E-state index in [1.54, 1.807) is 0 Å². The van der Waals surface area contributed by atoms with E-state index in [1.807, 2.05) is 31.2 Å². The topological polar surface area (TPSA) is 41.1 Å². The highest BCUT2D eigenvalue weighted by atomic mass is 79.9. The van der Waals surface area contributed by atoms with E-state index in [4.69, 9.17) is 0 Å². The van der Waals surface area contributed by atoms with Crippen molar-refractivity contribution in [2.45, 2.75) is 39.2 Å². The van der Waals surface area contributed by atoms with Crippen molar-refractivity contribution < 1.29 is 4.79 Å². The van der Waals surface area contributed by atoms with E-state index in [2.05, 4.69) is 33.5 Å². The van der Waals surface area contributed by atoms with E-state index in [0.717, 1.165) is 42.4 Å². The molecule has 1 aliphatic rings. The Morgan fingerprint density at radius 2 is 2.15 bits per heavy atom. The first-order valence-corrected chi connectivity index (χ1v) is 8.14. The summed E-state index contributed by atoms with van der Waals surface area (Å²) in [4.78, 5) is 12.6. The maximum atomic E-state index is 12.6. The molecule has 0 saturated carbocycles. The van der Waals surface area contributed by atoms with Crippen molar-refractivity contribution in [3.63, 3.8) is 0 Å². The minimum atomic E-state index is -0.234. The predicted molar refractivity (Wildman–Crippen MR) is 85.5 cm³/mol. The summed E-state index contributed by atoms with van der Waals surface area (Å²) >= 11 is 3.43. The summed E-state index contributed by atoms with van der Waals surface area (Å²) < 4.78 is 1.06. The van der Waals surface area contributed by atoms with E-state index < -0.39 is 0 Å². The largest absolute Gasteiger partial charge is 0.349 e. The molecule has 3 nitrogen and oxygen atoms in total. The number of carbonyl (C=O) groups is 1. The molecule has 0 bridgehead atoms. The maximum absolute atomic E-state index is 12.6. The van der Waals surface area contributed by atoms with Gasteiger partial charge in [0.25, 0.3) is 0 Å². The molecule has 4 heteroatoms. The first-order chi connectivity index (χ1) is 9.57. The zero-order valence-corrected chi connectivity index (χ0v) is 13.8. The van der Waals surface area contributed by atoms with Crippen molar-refractivity contribution >= 4 is 21.8 Å². The fraction of sp³-hybridized carbons (Fsp3) is 0.562. The summed E-state index contributed by atoms with van der Waals surface area (Å²) in [6.45, 7) is 5.97. The molecule has 1 amide bonds. The molecular weight excluding hydrogens is 316 g/mol. The Labute approximate surface area is 129 Å². The summed E-state index contributed by atoms with van der Waals surface area (Å²) in [5.41, 5.74) is 0.901. The van der Waals surface area contributed by atoms with Gasteiger partial charge in [-0.05, 0) is 50.4 Å². The van der Waals surface area contributed by atoms with Crippen molar-refractivity contribution in [1.82, 2.24) is 10.6 Å². The van der Waals surface area contributed by atoms with E-state index >= 15 is 0 Å². The number of piperidine rings is 1. The predicted octanol–water partition coefficient (Wildman–Crippen LogP) is 3.41. The van der Waals surface area contributed by atoms with Crippen LogP contribution < -0.4 is 10.6 Å². The smallest absolute Gasteiger partial charge is 0.227 e. The van der Waals surface area contributed by atoms with Gasteiger partial charge in [-0.15, -0.1) is 0 Å². The van der Waals surface area contributed by atoms with Crippen molar-refractivity contribution in [2.24, 2.45) is 5.41 Å². The lowest BCUT2D eigenvalue weighted by Gasteiger charge is -2.36. The second-order valence-electron chi connectivity index (χ2n) is 5.66. The molecule has 2 N–H and O–H groups in total. The second-order valence-corrected chi connectivity index (χ2v) is 6.58. The maximum Gasteiger partial charge on any atom is 0.227 e. The monoisotopic (exact) mass is 338 g/mol. The molecule has 1 unspecified atom stereocenters. The molecule has 0 aromatic heterocycles. The SMILES string of the molecule is CCC1(C(=O)N[C@H](C)c2ccc(Br)cc2)CCCNC1. The van der Waals surface area contributed by atoms with Gasteiger partial charge in [0.05, 0.1) is 11.5 Å². The number of rotatable bonds is 4. The first-order valence-electron chi connectivity index (χ1n) is 7.34. The second kappa shape index (κ2) is 6.72. The third-order valence-corrected chi connectivity index (χ3v) is 4.88. The van der Waals surface area contributed by atoms with Crippen molar-refractivity contribution in [2.75, 3.05) is 13.1 Å². The quantitative estimate of drug-likeness (QED) is 0.883. The number of nitrogens with one attached hydrogen (secondary N) is 2. The highest BCUT2D eigenvalue weighted by Gasteiger charge is 2.38. The highest BCUT2D eigenvalue weighted by molar-refractivity contribution is 9.10. The van der Waals surface area contributed by atoms with Gasteiger partial charge in [-0.25, -0.2) is 0 Å². The summed E-state index contributed by atoms with van der Waals surface area (Å²) in [5.74, 6) is 0.183. The lowest BCUT2D eigenvalue weighted by molar-refractivity contribution is -0.133. The third-order valence-electron chi connectivity index (χ3n) is 4.35. The van der Waals surface area contributed by atoms with Crippen molar-refractivity contribution in [1.29, 1.82) is 0 Å². The molecule has 1 heterocycles.